The van der Waals surface area contributed by atoms with Gasteiger partial charge in [-0.3, -0.25) is 14.4 Å². The zero-order valence-electron chi connectivity index (χ0n) is 16.1. The summed E-state index contributed by atoms with van der Waals surface area (Å²) in [6.07, 6.45) is 1.63. The summed E-state index contributed by atoms with van der Waals surface area (Å²) in [4.78, 5) is 44.0. The van der Waals surface area contributed by atoms with Crippen molar-refractivity contribution >= 4 is 17.7 Å². The van der Waals surface area contributed by atoms with Crippen LogP contribution in [-0.2, 0) is 20.8 Å². The first-order valence-corrected chi connectivity index (χ1v) is 9.31. The molecule has 8 nitrogen and oxygen atoms in total. The zero-order valence-corrected chi connectivity index (χ0v) is 16.1. The summed E-state index contributed by atoms with van der Waals surface area (Å²) in [6.45, 7) is 5.06. The second-order valence-corrected chi connectivity index (χ2v) is 6.99. The minimum absolute atomic E-state index is 0.0772. The Labute approximate surface area is 163 Å². The number of carbonyl (C=O) groups excluding carboxylic acids is 3. The molecule has 2 heterocycles. The Bertz CT molecular complexity index is 839. The molecule has 0 saturated carbocycles. The first-order valence-electron chi connectivity index (χ1n) is 9.31. The lowest BCUT2D eigenvalue weighted by atomic mass is 10.2. The van der Waals surface area contributed by atoms with Crippen molar-refractivity contribution in [2.75, 3.05) is 26.2 Å². The number of oxazole rings is 1. The van der Waals surface area contributed by atoms with Gasteiger partial charge < -0.3 is 19.5 Å². The SMILES string of the molecule is CC(C)NC(=O)C(=O)N1CCN(C(=O)Cc2coc(-c3ccccc3)n2)CC1. The Kier molecular flexibility index (Phi) is 6.08. The first kappa shape index (κ1) is 19.6. The molecule has 0 aliphatic carbocycles. The normalized spacial score (nSPS) is 14.2. The van der Waals surface area contributed by atoms with Gasteiger partial charge in [0.15, 0.2) is 0 Å². The fraction of sp³-hybridized carbons (Fsp3) is 0.400. The first-order chi connectivity index (χ1) is 13.4. The van der Waals surface area contributed by atoms with E-state index in [-0.39, 0.29) is 18.4 Å². The van der Waals surface area contributed by atoms with Gasteiger partial charge in [0.2, 0.25) is 11.8 Å². The van der Waals surface area contributed by atoms with E-state index in [2.05, 4.69) is 10.3 Å². The van der Waals surface area contributed by atoms with Crippen molar-refractivity contribution in [3.05, 3.63) is 42.3 Å². The molecular weight excluding hydrogens is 360 g/mol. The Morgan fingerprint density at radius 1 is 1.07 bits per heavy atom. The van der Waals surface area contributed by atoms with Crippen LogP contribution >= 0.6 is 0 Å². The highest BCUT2D eigenvalue weighted by Gasteiger charge is 2.28. The molecule has 1 aromatic carbocycles. The van der Waals surface area contributed by atoms with Crippen LogP contribution in [0.15, 0.2) is 41.0 Å². The van der Waals surface area contributed by atoms with Gasteiger partial charge in [-0.1, -0.05) is 18.2 Å². The summed E-state index contributed by atoms with van der Waals surface area (Å²) in [6, 6.07) is 9.39. The highest BCUT2D eigenvalue weighted by atomic mass is 16.3. The van der Waals surface area contributed by atoms with Crippen LogP contribution in [0.25, 0.3) is 11.5 Å². The monoisotopic (exact) mass is 384 g/mol. The predicted molar refractivity (Wildman–Crippen MR) is 102 cm³/mol. The van der Waals surface area contributed by atoms with Crippen LogP contribution in [-0.4, -0.2) is 64.7 Å². The molecule has 0 bridgehead atoms. The van der Waals surface area contributed by atoms with Gasteiger partial charge in [-0.15, -0.1) is 0 Å². The maximum Gasteiger partial charge on any atom is 0.312 e. The molecule has 1 aliphatic rings. The molecule has 8 heteroatoms. The summed E-state index contributed by atoms with van der Waals surface area (Å²) < 4.78 is 5.47. The second kappa shape index (κ2) is 8.69. The number of rotatable bonds is 4. The Morgan fingerprint density at radius 3 is 2.36 bits per heavy atom. The zero-order chi connectivity index (χ0) is 20.1. The maximum atomic E-state index is 12.5. The molecule has 2 aromatic rings. The molecule has 1 saturated heterocycles. The number of aromatic nitrogens is 1. The molecule has 3 rings (SSSR count). The maximum absolute atomic E-state index is 12.5. The quantitative estimate of drug-likeness (QED) is 0.796. The molecule has 0 unspecified atom stereocenters. The highest BCUT2D eigenvalue weighted by molar-refractivity contribution is 6.35. The average Bonchev–Trinajstić information content (AvgIpc) is 3.16. The Hall–Kier alpha value is -3.16. The van der Waals surface area contributed by atoms with Crippen LogP contribution in [0.5, 0.6) is 0 Å². The van der Waals surface area contributed by atoms with Gasteiger partial charge in [-0.05, 0) is 26.0 Å². The molecule has 1 aromatic heterocycles. The lowest BCUT2D eigenvalue weighted by Gasteiger charge is -2.34. The number of hydrogen-bond donors (Lipinski definition) is 1. The average molecular weight is 384 g/mol. The van der Waals surface area contributed by atoms with E-state index in [9.17, 15) is 14.4 Å². The summed E-state index contributed by atoms with van der Waals surface area (Å²) in [5.41, 5.74) is 1.42. The van der Waals surface area contributed by atoms with Crippen LogP contribution in [0.1, 0.15) is 19.5 Å². The van der Waals surface area contributed by atoms with Gasteiger partial charge in [0.25, 0.3) is 0 Å². The Morgan fingerprint density at radius 2 is 1.71 bits per heavy atom. The third kappa shape index (κ3) is 4.76. The molecule has 1 fully saturated rings. The predicted octanol–water partition coefficient (Wildman–Crippen LogP) is 1.08. The molecule has 1 aliphatic heterocycles. The van der Waals surface area contributed by atoms with E-state index < -0.39 is 11.8 Å². The van der Waals surface area contributed by atoms with Crippen molar-refractivity contribution < 1.29 is 18.8 Å². The Balaban J connectivity index is 1.51. The largest absolute Gasteiger partial charge is 0.444 e. The van der Waals surface area contributed by atoms with Gasteiger partial charge >= 0.3 is 11.8 Å². The number of nitrogens with one attached hydrogen (secondary N) is 1. The minimum atomic E-state index is -0.606. The van der Waals surface area contributed by atoms with Crippen molar-refractivity contribution in [3.8, 4) is 11.5 Å². The molecule has 1 N–H and O–H groups in total. The van der Waals surface area contributed by atoms with E-state index in [1.54, 1.807) is 18.7 Å². The van der Waals surface area contributed by atoms with Crippen molar-refractivity contribution in [2.45, 2.75) is 26.3 Å². The standard InChI is InChI=1S/C20H24N4O4/c1-14(2)21-18(26)20(27)24-10-8-23(9-11-24)17(25)12-16-13-28-19(22-16)15-6-4-3-5-7-15/h3-7,13-14H,8-12H2,1-2H3,(H,21,26). The summed E-state index contributed by atoms with van der Waals surface area (Å²) in [5, 5.41) is 2.59. The third-order valence-electron chi connectivity index (χ3n) is 4.44. The summed E-state index contributed by atoms with van der Waals surface area (Å²) in [7, 11) is 0. The lowest BCUT2D eigenvalue weighted by Crippen LogP contribution is -2.54. The number of carbonyl (C=O) groups is 3. The van der Waals surface area contributed by atoms with E-state index in [1.807, 2.05) is 30.3 Å². The van der Waals surface area contributed by atoms with Gasteiger partial charge in [0.1, 0.15) is 6.26 Å². The van der Waals surface area contributed by atoms with Gasteiger partial charge in [0, 0.05) is 37.8 Å². The number of piperazine rings is 1. The van der Waals surface area contributed by atoms with E-state index in [0.717, 1.165) is 5.56 Å². The molecular formula is C20H24N4O4. The lowest BCUT2D eigenvalue weighted by molar-refractivity contribution is -0.148. The van der Waals surface area contributed by atoms with E-state index in [1.165, 1.54) is 11.2 Å². The number of benzene rings is 1. The van der Waals surface area contributed by atoms with Crippen molar-refractivity contribution in [2.24, 2.45) is 0 Å². The molecule has 0 atom stereocenters. The van der Waals surface area contributed by atoms with Crippen LogP contribution in [0.3, 0.4) is 0 Å². The van der Waals surface area contributed by atoms with Crippen LogP contribution in [0.2, 0.25) is 0 Å². The number of nitrogens with zero attached hydrogens (tertiary/aromatic N) is 3. The van der Waals surface area contributed by atoms with Crippen LogP contribution < -0.4 is 5.32 Å². The van der Waals surface area contributed by atoms with E-state index >= 15 is 0 Å². The third-order valence-corrected chi connectivity index (χ3v) is 4.44. The molecule has 148 valence electrons. The molecule has 0 radical (unpaired) electrons. The fourth-order valence-corrected chi connectivity index (χ4v) is 2.99. The minimum Gasteiger partial charge on any atom is -0.444 e. The summed E-state index contributed by atoms with van der Waals surface area (Å²) >= 11 is 0. The van der Waals surface area contributed by atoms with Crippen molar-refractivity contribution in [1.82, 2.24) is 20.1 Å². The van der Waals surface area contributed by atoms with Gasteiger partial charge in [-0.2, -0.15) is 0 Å². The molecule has 0 spiro atoms. The smallest absolute Gasteiger partial charge is 0.312 e. The van der Waals surface area contributed by atoms with Crippen molar-refractivity contribution in [3.63, 3.8) is 0 Å². The summed E-state index contributed by atoms with van der Waals surface area (Å²) in [5.74, 6) is -0.753. The number of hydrogen-bond acceptors (Lipinski definition) is 5. The van der Waals surface area contributed by atoms with Crippen LogP contribution in [0.4, 0.5) is 0 Å². The highest BCUT2D eigenvalue weighted by Crippen LogP contribution is 2.18. The van der Waals surface area contributed by atoms with E-state index in [4.69, 9.17) is 4.42 Å². The molecule has 28 heavy (non-hydrogen) atoms. The molecule has 3 amide bonds. The second-order valence-electron chi connectivity index (χ2n) is 6.99. The van der Waals surface area contributed by atoms with E-state index in [0.29, 0.717) is 37.8 Å². The van der Waals surface area contributed by atoms with Gasteiger partial charge in [-0.25, -0.2) is 4.98 Å². The van der Waals surface area contributed by atoms with Gasteiger partial charge in [0.05, 0.1) is 12.1 Å². The number of amides is 3. The van der Waals surface area contributed by atoms with Crippen LogP contribution in [0, 0.1) is 0 Å². The fourth-order valence-electron chi connectivity index (χ4n) is 2.99. The van der Waals surface area contributed by atoms with Crippen molar-refractivity contribution in [1.29, 1.82) is 0 Å². The topological polar surface area (TPSA) is 95.8 Å².